The SMILES string of the molecule is CC(=O)N[C@H]1[C@H](O[C@H]2[C@@H](O)[C@@H](CO)OC(O)[C@@H]2NC(C)=O)O[C@H](CO)[C@@H](O[C@@H]2O[C@H](CO)[C@H](O[C@@H]3O[C@H](CO)[C@H](O)[C@H](O)[C@H]3NC(C)=O)[C@H](O[C@]3(C(=O)O)C[C@H](O)[C@@H](NC(C)=O)[C@H]([C@H](O)[C@H](O)CO)O3)[C@H]2O)[C@@H]1O. The van der Waals surface area contributed by atoms with Crippen molar-refractivity contribution in [2.24, 2.45) is 0 Å². The average molecular weight is 1080 g/mol. The molecule has 5 heterocycles. The summed E-state index contributed by atoms with van der Waals surface area (Å²) >= 11 is 0. The molecule has 5 fully saturated rings. The van der Waals surface area contributed by atoms with E-state index in [1.165, 1.54) is 0 Å². The minimum Gasteiger partial charge on any atom is -0.477 e. The fourth-order valence-corrected chi connectivity index (χ4v) is 9.35. The molecule has 0 aliphatic carbocycles. The normalized spacial score (nSPS) is 43.6. The molecule has 0 saturated carbocycles. The van der Waals surface area contributed by atoms with E-state index in [9.17, 15) is 101 Å². The minimum absolute atomic E-state index is 0.759. The highest BCUT2D eigenvalue weighted by Gasteiger charge is 2.62. The van der Waals surface area contributed by atoms with Crippen molar-refractivity contribution in [2.75, 3.05) is 33.0 Å². The minimum atomic E-state index is -3.33. The summed E-state index contributed by atoms with van der Waals surface area (Å²) in [6.07, 6.45) is -43.8. The molecule has 26 atom stereocenters. The van der Waals surface area contributed by atoms with Crippen LogP contribution in [0.25, 0.3) is 0 Å². The van der Waals surface area contributed by atoms with Crippen molar-refractivity contribution in [1.82, 2.24) is 21.3 Å². The van der Waals surface area contributed by atoms with E-state index < -0.39 is 228 Å². The Morgan fingerprint density at radius 2 is 0.973 bits per heavy atom. The van der Waals surface area contributed by atoms with Crippen LogP contribution in [-0.2, 0) is 66.6 Å². The molecule has 5 aliphatic rings. The van der Waals surface area contributed by atoms with Crippen LogP contribution in [0, 0.1) is 0 Å². The maximum atomic E-state index is 13.5. The first-order valence-electron chi connectivity index (χ1n) is 23.2. The van der Waals surface area contributed by atoms with Gasteiger partial charge in [-0.25, -0.2) is 4.79 Å². The summed E-state index contributed by atoms with van der Waals surface area (Å²) in [5.74, 6) is -8.80. The number of carbonyl (C=O) groups excluding carboxylic acids is 4. The topological polar surface area (TPSA) is 520 Å². The predicted octanol–water partition coefficient (Wildman–Crippen LogP) is -12.1. The van der Waals surface area contributed by atoms with Crippen LogP contribution in [0.2, 0.25) is 0 Å². The lowest BCUT2D eigenvalue weighted by Gasteiger charge is -2.52. The van der Waals surface area contributed by atoms with Crippen LogP contribution >= 0.6 is 0 Å². The number of amides is 4. The number of carbonyl (C=O) groups is 5. The number of hydrogen-bond donors (Lipinski definition) is 19. The Balaban J connectivity index is 1.58. The molecule has 0 spiro atoms. The molecule has 0 aromatic heterocycles. The van der Waals surface area contributed by atoms with Gasteiger partial charge in [-0.15, -0.1) is 0 Å². The van der Waals surface area contributed by atoms with Crippen molar-refractivity contribution in [3.8, 4) is 0 Å². The number of carboxylic acids is 1. The van der Waals surface area contributed by atoms with Crippen LogP contribution < -0.4 is 21.3 Å². The molecular formula is C41H68N4O29. The summed E-state index contributed by atoms with van der Waals surface area (Å²) in [6, 6.07) is -6.89. The third-order valence-electron chi connectivity index (χ3n) is 12.9. The number of aliphatic hydroxyl groups excluding tert-OH is 14. The highest BCUT2D eigenvalue weighted by Crippen LogP contribution is 2.40. The maximum Gasteiger partial charge on any atom is 0.364 e. The molecule has 0 aromatic carbocycles. The third-order valence-corrected chi connectivity index (χ3v) is 12.9. The zero-order chi connectivity index (χ0) is 55.3. The fourth-order valence-electron chi connectivity index (χ4n) is 9.35. The van der Waals surface area contributed by atoms with Crippen LogP contribution in [0.4, 0.5) is 0 Å². The van der Waals surface area contributed by atoms with Gasteiger partial charge in [-0.05, 0) is 0 Å². The molecule has 5 rings (SSSR count). The number of nitrogens with one attached hydrogen (secondary N) is 4. The smallest absolute Gasteiger partial charge is 0.364 e. The van der Waals surface area contributed by atoms with Crippen molar-refractivity contribution in [1.29, 1.82) is 0 Å². The monoisotopic (exact) mass is 1080 g/mol. The molecule has 33 heteroatoms. The molecule has 0 aromatic rings. The van der Waals surface area contributed by atoms with Crippen LogP contribution in [0.3, 0.4) is 0 Å². The fraction of sp³-hybridized carbons (Fsp3) is 0.878. The van der Waals surface area contributed by atoms with Crippen molar-refractivity contribution < 1.29 is 143 Å². The first-order valence-corrected chi connectivity index (χ1v) is 23.2. The summed E-state index contributed by atoms with van der Waals surface area (Å²) in [4.78, 5) is 62.8. The molecule has 0 radical (unpaired) electrons. The van der Waals surface area contributed by atoms with Gasteiger partial charge in [0.05, 0.1) is 45.2 Å². The molecule has 74 heavy (non-hydrogen) atoms. The van der Waals surface area contributed by atoms with E-state index >= 15 is 0 Å². The molecule has 1 unspecified atom stereocenters. The lowest BCUT2D eigenvalue weighted by molar-refractivity contribution is -0.399. The highest BCUT2D eigenvalue weighted by molar-refractivity contribution is 5.77. The van der Waals surface area contributed by atoms with Crippen LogP contribution in [0.15, 0.2) is 0 Å². The van der Waals surface area contributed by atoms with Gasteiger partial charge in [-0.1, -0.05) is 0 Å². The van der Waals surface area contributed by atoms with Gasteiger partial charge in [0.2, 0.25) is 23.6 Å². The summed E-state index contributed by atoms with van der Waals surface area (Å²) in [5.41, 5.74) is 0. The van der Waals surface area contributed by atoms with Gasteiger partial charge in [-0.3, -0.25) is 19.2 Å². The molecule has 426 valence electrons. The Kier molecular flexibility index (Phi) is 21.7. The molecule has 33 nitrogen and oxygen atoms in total. The Labute approximate surface area is 419 Å². The van der Waals surface area contributed by atoms with E-state index in [1.54, 1.807) is 0 Å². The second-order valence-corrected chi connectivity index (χ2v) is 18.3. The second-order valence-electron chi connectivity index (χ2n) is 18.3. The number of rotatable bonds is 20. The Bertz CT molecular complexity index is 1900. The number of hydrogen-bond acceptors (Lipinski definition) is 28. The van der Waals surface area contributed by atoms with E-state index in [-0.39, 0.29) is 0 Å². The number of ether oxygens (including phenoxy) is 9. The average Bonchev–Trinajstić information content (AvgIpc) is 3.33. The highest BCUT2D eigenvalue weighted by atomic mass is 16.8. The first-order chi connectivity index (χ1) is 34.8. The standard InChI is InChI=1S/C41H68N4O29/c1-11(51)42-21-15(55)5-41(40(64)65,73-34(21)25(57)16(56)6-46)74-35-30(62)39(69-20(10-50)32(35)71-37-22(43-12(2)52)28(60)26(58)17(7-47)67-37)70-31-19(9-49)68-38(23(29(31)61)44-13(3)53)72-33-24(45-14(4)54)36(63)66-18(8-48)27(33)59/h15-39,46-50,55-63H,5-10H2,1-4H3,(H,42,51)(H,43,52)(H,44,53)(H,45,54)(H,64,65)/t15-,16+,17+,18+,19+,20+,21+,22+,23+,24+,25+,26-,27-,28+,29+,30+,31+,32-,33+,34+,35+,36?,37-,38-,39-,41-/m0/s1. The maximum absolute atomic E-state index is 13.5. The van der Waals surface area contributed by atoms with E-state index in [1.807, 2.05) is 0 Å². The second kappa shape index (κ2) is 26.2. The molecule has 5 saturated heterocycles. The van der Waals surface area contributed by atoms with E-state index in [0.717, 1.165) is 27.7 Å². The van der Waals surface area contributed by atoms with Crippen molar-refractivity contribution in [3.05, 3.63) is 0 Å². The van der Waals surface area contributed by atoms with Crippen molar-refractivity contribution in [2.45, 2.75) is 193 Å². The van der Waals surface area contributed by atoms with Gasteiger partial charge < -0.3 is 140 Å². The van der Waals surface area contributed by atoms with Gasteiger partial charge in [0.1, 0.15) is 116 Å². The van der Waals surface area contributed by atoms with Crippen LogP contribution in [0.1, 0.15) is 34.1 Å². The van der Waals surface area contributed by atoms with E-state index in [0.29, 0.717) is 0 Å². The quantitative estimate of drug-likeness (QED) is 0.0538. The lowest BCUT2D eigenvalue weighted by Crippen LogP contribution is -2.72. The summed E-state index contributed by atoms with van der Waals surface area (Å²) < 4.78 is 52.6. The molecule has 0 bridgehead atoms. The molecule has 19 N–H and O–H groups in total. The third kappa shape index (κ3) is 13.6. The van der Waals surface area contributed by atoms with Crippen molar-refractivity contribution >= 4 is 29.6 Å². The van der Waals surface area contributed by atoms with E-state index in [2.05, 4.69) is 21.3 Å². The molecule has 5 aliphatic heterocycles. The van der Waals surface area contributed by atoms with Gasteiger partial charge in [0.15, 0.2) is 25.2 Å². The Hall–Kier alpha value is -3.57. The first kappa shape index (κ1) is 61.3. The van der Waals surface area contributed by atoms with Gasteiger partial charge in [-0.2, -0.15) is 0 Å². The van der Waals surface area contributed by atoms with Gasteiger partial charge >= 0.3 is 5.97 Å². The largest absolute Gasteiger partial charge is 0.477 e. The van der Waals surface area contributed by atoms with Gasteiger partial charge in [0, 0.05) is 34.1 Å². The number of aliphatic hydroxyl groups is 14. The van der Waals surface area contributed by atoms with Crippen LogP contribution in [0.5, 0.6) is 0 Å². The Morgan fingerprint density at radius 1 is 0.527 bits per heavy atom. The zero-order valence-corrected chi connectivity index (χ0v) is 40.1. The van der Waals surface area contributed by atoms with Gasteiger partial charge in [0.25, 0.3) is 5.79 Å². The van der Waals surface area contributed by atoms with E-state index in [4.69, 9.17) is 42.6 Å². The Morgan fingerprint density at radius 3 is 1.49 bits per heavy atom. The summed E-state index contributed by atoms with van der Waals surface area (Å²) in [7, 11) is 0. The molecule has 4 amide bonds. The zero-order valence-electron chi connectivity index (χ0n) is 40.1. The predicted molar refractivity (Wildman–Crippen MR) is 230 cm³/mol. The lowest BCUT2D eigenvalue weighted by atomic mass is 9.88. The summed E-state index contributed by atoms with van der Waals surface area (Å²) in [5, 5.41) is 172. The van der Waals surface area contributed by atoms with Crippen molar-refractivity contribution in [3.63, 3.8) is 0 Å². The number of carboxylic acid groups (broad SMARTS) is 1. The summed E-state index contributed by atoms with van der Waals surface area (Å²) in [6.45, 7) is -1.39. The number of aliphatic carboxylic acids is 1. The molecular weight excluding hydrogens is 1010 g/mol. The van der Waals surface area contributed by atoms with Crippen LogP contribution in [-0.4, -0.2) is 298 Å².